The molecule has 0 aliphatic heterocycles. The van der Waals surface area contributed by atoms with E-state index < -0.39 is 0 Å². The predicted molar refractivity (Wildman–Crippen MR) is 71.4 cm³/mol. The number of allylic oxidation sites excluding steroid dienone is 1. The minimum Gasteiger partial charge on any atom is -0.288 e. The highest BCUT2D eigenvalue weighted by Gasteiger charge is 2.07. The number of Topliss-reactive ketones (excluding diaryl/α,β-unsaturated/α-hetero) is 1. The van der Waals surface area contributed by atoms with Crippen LogP contribution in [-0.4, -0.2) is 5.78 Å². The SMILES string of the molecule is C=C(I)C(=O)c1ccc2ccccc2c1. The van der Waals surface area contributed by atoms with E-state index in [-0.39, 0.29) is 5.78 Å². The normalized spacial score (nSPS) is 10.2. The van der Waals surface area contributed by atoms with Gasteiger partial charge < -0.3 is 0 Å². The van der Waals surface area contributed by atoms with Crippen LogP contribution in [0.1, 0.15) is 10.4 Å². The topological polar surface area (TPSA) is 17.1 Å². The molecule has 2 rings (SSSR count). The van der Waals surface area contributed by atoms with Crippen LogP contribution in [0.5, 0.6) is 0 Å². The number of ketones is 1. The third kappa shape index (κ3) is 2.09. The molecule has 0 radical (unpaired) electrons. The lowest BCUT2D eigenvalue weighted by molar-refractivity contribution is 0.104. The first-order chi connectivity index (χ1) is 7.18. The zero-order valence-corrected chi connectivity index (χ0v) is 10.2. The molecule has 0 amide bonds. The maximum atomic E-state index is 11.7. The molecule has 0 saturated heterocycles. The molecular weight excluding hydrogens is 299 g/mol. The quantitative estimate of drug-likeness (QED) is 0.466. The summed E-state index contributed by atoms with van der Waals surface area (Å²) >= 11 is 1.95. The number of fused-ring (bicyclic) bond motifs is 1. The lowest BCUT2D eigenvalue weighted by atomic mass is 10.0. The fraction of sp³-hybridized carbons (Fsp3) is 0. The highest BCUT2D eigenvalue weighted by Crippen LogP contribution is 2.19. The molecular formula is C13H9IO. The van der Waals surface area contributed by atoms with E-state index in [2.05, 4.69) is 6.58 Å². The minimum absolute atomic E-state index is 0.00125. The Morgan fingerprint density at radius 2 is 1.73 bits per heavy atom. The molecule has 0 N–H and O–H groups in total. The summed E-state index contributed by atoms with van der Waals surface area (Å²) in [6.45, 7) is 3.65. The first-order valence-corrected chi connectivity index (χ1v) is 5.64. The summed E-state index contributed by atoms with van der Waals surface area (Å²) < 4.78 is 0.544. The summed E-state index contributed by atoms with van der Waals surface area (Å²) in [5, 5.41) is 2.23. The van der Waals surface area contributed by atoms with E-state index in [4.69, 9.17) is 0 Å². The molecule has 2 aromatic rings. The number of hydrogen-bond acceptors (Lipinski definition) is 1. The second-order valence-corrected chi connectivity index (χ2v) is 4.60. The maximum absolute atomic E-state index is 11.7. The van der Waals surface area contributed by atoms with Gasteiger partial charge in [0, 0.05) is 5.56 Å². The van der Waals surface area contributed by atoms with Crippen molar-refractivity contribution < 1.29 is 4.79 Å². The smallest absolute Gasteiger partial charge is 0.198 e. The van der Waals surface area contributed by atoms with E-state index in [1.165, 1.54) is 0 Å². The molecule has 15 heavy (non-hydrogen) atoms. The predicted octanol–water partition coefficient (Wildman–Crippen LogP) is 3.97. The van der Waals surface area contributed by atoms with Gasteiger partial charge in [-0.1, -0.05) is 43.0 Å². The third-order valence-electron chi connectivity index (χ3n) is 2.26. The Morgan fingerprint density at radius 3 is 2.40 bits per heavy atom. The van der Waals surface area contributed by atoms with Crippen LogP contribution in [0, 0.1) is 0 Å². The van der Waals surface area contributed by atoms with Crippen LogP contribution < -0.4 is 0 Å². The third-order valence-corrected chi connectivity index (χ3v) is 2.75. The van der Waals surface area contributed by atoms with Crippen molar-refractivity contribution in [1.29, 1.82) is 0 Å². The molecule has 74 valence electrons. The van der Waals surface area contributed by atoms with Crippen LogP contribution >= 0.6 is 22.6 Å². The van der Waals surface area contributed by atoms with Gasteiger partial charge in [0.15, 0.2) is 5.78 Å². The van der Waals surface area contributed by atoms with Crippen LogP contribution in [0.3, 0.4) is 0 Å². The van der Waals surface area contributed by atoms with Gasteiger partial charge in [0.25, 0.3) is 0 Å². The first kappa shape index (κ1) is 10.4. The summed E-state index contributed by atoms with van der Waals surface area (Å²) in [6, 6.07) is 13.7. The van der Waals surface area contributed by atoms with E-state index in [1.807, 2.05) is 65.1 Å². The van der Waals surface area contributed by atoms with E-state index in [0.717, 1.165) is 10.8 Å². The van der Waals surface area contributed by atoms with Gasteiger partial charge in [0.05, 0.1) is 3.58 Å². The molecule has 0 spiro atoms. The molecule has 2 heteroatoms. The van der Waals surface area contributed by atoms with Crippen molar-refractivity contribution in [2.75, 3.05) is 0 Å². The zero-order chi connectivity index (χ0) is 10.8. The van der Waals surface area contributed by atoms with Crippen LogP contribution in [0.2, 0.25) is 0 Å². The van der Waals surface area contributed by atoms with Crippen molar-refractivity contribution in [3.05, 3.63) is 58.2 Å². The molecule has 0 aromatic heterocycles. The summed E-state index contributed by atoms with van der Waals surface area (Å²) in [6.07, 6.45) is 0. The Hall–Kier alpha value is -1.16. The van der Waals surface area contributed by atoms with Gasteiger partial charge in [-0.25, -0.2) is 0 Å². The van der Waals surface area contributed by atoms with Crippen LogP contribution in [0.25, 0.3) is 10.8 Å². The molecule has 0 heterocycles. The van der Waals surface area contributed by atoms with Crippen molar-refractivity contribution >= 4 is 39.1 Å². The van der Waals surface area contributed by atoms with E-state index in [9.17, 15) is 4.79 Å². The Balaban J connectivity index is 2.56. The number of carbonyl (C=O) groups excluding carboxylic acids is 1. The van der Waals surface area contributed by atoms with E-state index >= 15 is 0 Å². The molecule has 1 nitrogen and oxygen atoms in total. The monoisotopic (exact) mass is 308 g/mol. The molecule has 2 aromatic carbocycles. The maximum Gasteiger partial charge on any atom is 0.198 e. The molecule has 0 aliphatic rings. The zero-order valence-electron chi connectivity index (χ0n) is 8.03. The van der Waals surface area contributed by atoms with Gasteiger partial charge in [0.2, 0.25) is 0 Å². The van der Waals surface area contributed by atoms with Gasteiger partial charge >= 0.3 is 0 Å². The Kier molecular flexibility index (Phi) is 2.86. The van der Waals surface area contributed by atoms with Crippen LogP contribution in [0.4, 0.5) is 0 Å². The van der Waals surface area contributed by atoms with Gasteiger partial charge in [-0.15, -0.1) is 0 Å². The molecule has 0 fully saturated rings. The van der Waals surface area contributed by atoms with Crippen molar-refractivity contribution in [3.63, 3.8) is 0 Å². The Morgan fingerprint density at radius 1 is 1.07 bits per heavy atom. The Labute approximate surface area is 102 Å². The average molecular weight is 308 g/mol. The molecule has 0 saturated carbocycles. The van der Waals surface area contributed by atoms with Gasteiger partial charge in [-0.05, 0) is 39.4 Å². The summed E-state index contributed by atoms with van der Waals surface area (Å²) in [5.41, 5.74) is 0.702. The van der Waals surface area contributed by atoms with Crippen molar-refractivity contribution in [2.24, 2.45) is 0 Å². The molecule has 0 aliphatic carbocycles. The second-order valence-electron chi connectivity index (χ2n) is 3.30. The first-order valence-electron chi connectivity index (χ1n) is 4.56. The summed E-state index contributed by atoms with van der Waals surface area (Å²) in [5.74, 6) is 0.00125. The largest absolute Gasteiger partial charge is 0.288 e. The Bertz CT molecular complexity index is 543. The highest BCUT2D eigenvalue weighted by atomic mass is 127. The average Bonchev–Trinajstić information content (AvgIpc) is 2.27. The number of rotatable bonds is 2. The van der Waals surface area contributed by atoms with Crippen molar-refractivity contribution in [3.8, 4) is 0 Å². The van der Waals surface area contributed by atoms with Crippen LogP contribution in [-0.2, 0) is 0 Å². The van der Waals surface area contributed by atoms with Crippen molar-refractivity contribution in [2.45, 2.75) is 0 Å². The lowest BCUT2D eigenvalue weighted by Gasteiger charge is -2.01. The highest BCUT2D eigenvalue weighted by molar-refractivity contribution is 14.1. The molecule has 0 atom stereocenters. The van der Waals surface area contributed by atoms with Gasteiger partial charge in [-0.3, -0.25) is 4.79 Å². The number of halogens is 1. The summed E-state index contributed by atoms with van der Waals surface area (Å²) in [4.78, 5) is 11.7. The van der Waals surface area contributed by atoms with E-state index in [1.54, 1.807) is 0 Å². The second kappa shape index (κ2) is 4.14. The fourth-order valence-electron chi connectivity index (χ4n) is 1.49. The van der Waals surface area contributed by atoms with Crippen molar-refractivity contribution in [1.82, 2.24) is 0 Å². The van der Waals surface area contributed by atoms with Gasteiger partial charge in [-0.2, -0.15) is 0 Å². The molecule has 0 unspecified atom stereocenters. The van der Waals surface area contributed by atoms with Gasteiger partial charge in [0.1, 0.15) is 0 Å². The minimum atomic E-state index is 0.00125. The van der Waals surface area contributed by atoms with E-state index in [0.29, 0.717) is 9.14 Å². The summed E-state index contributed by atoms with van der Waals surface area (Å²) in [7, 11) is 0. The lowest BCUT2D eigenvalue weighted by Crippen LogP contribution is -1.96. The standard InChI is InChI=1S/C13H9IO/c1-9(14)13(15)12-7-6-10-4-2-3-5-11(10)8-12/h2-8H,1H2. The number of hydrogen-bond donors (Lipinski definition) is 0. The van der Waals surface area contributed by atoms with Crippen LogP contribution in [0.15, 0.2) is 52.6 Å². The number of carbonyl (C=O) groups is 1. The molecule has 0 bridgehead atoms. The fourth-order valence-corrected chi connectivity index (χ4v) is 1.80. The number of benzene rings is 2.